The fourth-order valence-corrected chi connectivity index (χ4v) is 3.63. The zero-order valence-corrected chi connectivity index (χ0v) is 16.1. The van der Waals surface area contributed by atoms with Crippen molar-refractivity contribution in [1.82, 2.24) is 5.32 Å². The molecular weight excluding hydrogens is 368 g/mol. The second kappa shape index (κ2) is 8.82. The molecule has 2 N–H and O–H groups in total. The van der Waals surface area contributed by atoms with Gasteiger partial charge < -0.3 is 20.1 Å². The zero-order valence-electron chi connectivity index (χ0n) is 16.1. The van der Waals surface area contributed by atoms with Gasteiger partial charge in [-0.05, 0) is 54.3 Å². The standard InChI is InChI=1S/C23H24N2O4/c26-22(11-9-16-8-10-20-21(13-16)29-15-28-20)24-14-17-4-3-7-19(12-17)25-23(27)18-5-1-2-6-18/h3-4,7-13,18H,1-2,5-6,14-15H2,(H,24,26)(H,25,27). The van der Waals surface area contributed by atoms with Crippen LogP contribution in [0.4, 0.5) is 5.69 Å². The number of carbonyl (C=O) groups excluding carboxylic acids is 2. The maximum absolute atomic E-state index is 12.3. The summed E-state index contributed by atoms with van der Waals surface area (Å²) in [4.78, 5) is 24.4. The molecule has 6 nitrogen and oxygen atoms in total. The van der Waals surface area contributed by atoms with Gasteiger partial charge in [0.2, 0.25) is 18.6 Å². The van der Waals surface area contributed by atoms with Crippen molar-refractivity contribution in [3.05, 3.63) is 59.7 Å². The second-order valence-corrected chi connectivity index (χ2v) is 7.33. The number of hydrogen-bond donors (Lipinski definition) is 2. The van der Waals surface area contributed by atoms with Crippen molar-refractivity contribution in [1.29, 1.82) is 0 Å². The molecule has 4 rings (SSSR count). The normalized spacial score (nSPS) is 15.6. The second-order valence-electron chi connectivity index (χ2n) is 7.33. The number of amides is 2. The zero-order chi connectivity index (χ0) is 20.1. The number of rotatable bonds is 6. The summed E-state index contributed by atoms with van der Waals surface area (Å²) in [5, 5.41) is 5.85. The molecule has 0 atom stereocenters. The fraction of sp³-hybridized carbons (Fsp3) is 0.304. The van der Waals surface area contributed by atoms with Gasteiger partial charge in [0.25, 0.3) is 0 Å². The van der Waals surface area contributed by atoms with Crippen molar-refractivity contribution in [3.63, 3.8) is 0 Å². The highest BCUT2D eigenvalue weighted by molar-refractivity contribution is 5.93. The van der Waals surface area contributed by atoms with Crippen molar-refractivity contribution in [2.45, 2.75) is 32.2 Å². The lowest BCUT2D eigenvalue weighted by molar-refractivity contribution is -0.119. The van der Waals surface area contributed by atoms with Gasteiger partial charge in [-0.3, -0.25) is 9.59 Å². The van der Waals surface area contributed by atoms with Crippen LogP contribution in [0.25, 0.3) is 6.08 Å². The Balaban J connectivity index is 1.29. The Morgan fingerprint density at radius 3 is 2.72 bits per heavy atom. The first-order chi connectivity index (χ1) is 14.2. The molecule has 29 heavy (non-hydrogen) atoms. The van der Waals surface area contributed by atoms with Crippen LogP contribution in [0.5, 0.6) is 11.5 Å². The predicted octanol–water partition coefficient (Wildman–Crippen LogP) is 3.87. The Labute approximate surface area is 169 Å². The van der Waals surface area contributed by atoms with Gasteiger partial charge >= 0.3 is 0 Å². The van der Waals surface area contributed by atoms with Gasteiger partial charge in [0.15, 0.2) is 11.5 Å². The van der Waals surface area contributed by atoms with Crippen LogP contribution in [0, 0.1) is 5.92 Å². The van der Waals surface area contributed by atoms with Gasteiger partial charge in [0.05, 0.1) is 0 Å². The van der Waals surface area contributed by atoms with E-state index in [1.165, 1.54) is 6.08 Å². The average Bonchev–Trinajstić information content (AvgIpc) is 3.42. The summed E-state index contributed by atoms with van der Waals surface area (Å²) in [6.07, 6.45) is 7.42. The minimum absolute atomic E-state index is 0.0929. The third-order valence-corrected chi connectivity index (χ3v) is 5.21. The van der Waals surface area contributed by atoms with E-state index < -0.39 is 0 Å². The van der Waals surface area contributed by atoms with E-state index in [1.807, 2.05) is 42.5 Å². The molecule has 1 aliphatic carbocycles. The van der Waals surface area contributed by atoms with Crippen LogP contribution < -0.4 is 20.1 Å². The van der Waals surface area contributed by atoms with Gasteiger partial charge in [-0.1, -0.05) is 31.0 Å². The number of ether oxygens (including phenoxy) is 2. The highest BCUT2D eigenvalue weighted by Crippen LogP contribution is 2.32. The Bertz CT molecular complexity index is 932. The van der Waals surface area contributed by atoms with Crippen LogP contribution in [0.3, 0.4) is 0 Å². The molecule has 1 heterocycles. The summed E-state index contributed by atoms with van der Waals surface area (Å²) in [7, 11) is 0. The molecule has 6 heteroatoms. The molecule has 2 aromatic carbocycles. The Morgan fingerprint density at radius 2 is 1.86 bits per heavy atom. The highest BCUT2D eigenvalue weighted by Gasteiger charge is 2.22. The third kappa shape index (κ3) is 4.96. The molecule has 1 saturated carbocycles. The van der Waals surface area contributed by atoms with E-state index >= 15 is 0 Å². The molecular formula is C23H24N2O4. The number of nitrogens with one attached hydrogen (secondary N) is 2. The molecule has 0 aromatic heterocycles. The summed E-state index contributed by atoms with van der Waals surface area (Å²) in [6.45, 7) is 0.612. The average molecular weight is 392 g/mol. The fourth-order valence-electron chi connectivity index (χ4n) is 3.63. The van der Waals surface area contributed by atoms with Crippen LogP contribution in [0.1, 0.15) is 36.8 Å². The van der Waals surface area contributed by atoms with Crippen LogP contribution >= 0.6 is 0 Å². The molecule has 0 radical (unpaired) electrons. The molecule has 0 spiro atoms. The Morgan fingerprint density at radius 1 is 1.03 bits per heavy atom. The lowest BCUT2D eigenvalue weighted by Crippen LogP contribution is -2.21. The van der Waals surface area contributed by atoms with Crippen LogP contribution in [0.15, 0.2) is 48.5 Å². The van der Waals surface area contributed by atoms with E-state index in [9.17, 15) is 9.59 Å². The van der Waals surface area contributed by atoms with Crippen molar-refractivity contribution in [2.24, 2.45) is 5.92 Å². The first-order valence-corrected chi connectivity index (χ1v) is 9.93. The number of fused-ring (bicyclic) bond motifs is 1. The maximum Gasteiger partial charge on any atom is 0.244 e. The van der Waals surface area contributed by atoms with Crippen molar-refractivity contribution >= 4 is 23.6 Å². The lowest BCUT2D eigenvalue weighted by atomic mass is 10.1. The molecule has 2 aromatic rings. The smallest absolute Gasteiger partial charge is 0.244 e. The Kier molecular flexibility index (Phi) is 5.79. The first-order valence-electron chi connectivity index (χ1n) is 9.93. The van der Waals surface area contributed by atoms with E-state index in [0.717, 1.165) is 42.5 Å². The predicted molar refractivity (Wildman–Crippen MR) is 110 cm³/mol. The van der Waals surface area contributed by atoms with Gasteiger partial charge in [0.1, 0.15) is 0 Å². The van der Waals surface area contributed by atoms with Crippen LogP contribution in [-0.2, 0) is 16.1 Å². The van der Waals surface area contributed by atoms with E-state index in [0.29, 0.717) is 18.0 Å². The number of benzene rings is 2. The number of anilines is 1. The number of hydrogen-bond acceptors (Lipinski definition) is 4. The summed E-state index contributed by atoms with van der Waals surface area (Å²) < 4.78 is 10.6. The Hall–Kier alpha value is -3.28. The largest absolute Gasteiger partial charge is 0.454 e. The highest BCUT2D eigenvalue weighted by atomic mass is 16.7. The van der Waals surface area contributed by atoms with Crippen LogP contribution in [0.2, 0.25) is 0 Å². The maximum atomic E-state index is 12.3. The summed E-state index contributed by atoms with van der Waals surface area (Å²) in [5.74, 6) is 1.42. The van der Waals surface area contributed by atoms with Gasteiger partial charge in [0, 0.05) is 24.2 Å². The molecule has 1 aliphatic heterocycles. The lowest BCUT2D eigenvalue weighted by Gasteiger charge is -2.11. The summed E-state index contributed by atoms with van der Waals surface area (Å²) in [5.41, 5.74) is 2.56. The van der Waals surface area contributed by atoms with Gasteiger partial charge in [-0.2, -0.15) is 0 Å². The van der Waals surface area contributed by atoms with Gasteiger partial charge in [-0.25, -0.2) is 0 Å². The van der Waals surface area contributed by atoms with Crippen molar-refractivity contribution in [2.75, 3.05) is 12.1 Å². The molecule has 0 saturated heterocycles. The topological polar surface area (TPSA) is 76.7 Å². The van der Waals surface area contributed by atoms with E-state index in [-0.39, 0.29) is 24.5 Å². The molecule has 0 bridgehead atoms. The summed E-state index contributed by atoms with van der Waals surface area (Å²) in [6, 6.07) is 13.1. The minimum Gasteiger partial charge on any atom is -0.454 e. The minimum atomic E-state index is -0.192. The number of carbonyl (C=O) groups is 2. The molecule has 1 fully saturated rings. The molecule has 2 aliphatic rings. The molecule has 150 valence electrons. The SMILES string of the molecule is O=C(C=Cc1ccc2c(c1)OCO2)NCc1cccc(NC(=O)C2CCCC2)c1. The molecule has 2 amide bonds. The third-order valence-electron chi connectivity index (χ3n) is 5.21. The van der Waals surface area contributed by atoms with Gasteiger partial charge in [-0.15, -0.1) is 0 Å². The first kappa shape index (κ1) is 19.1. The van der Waals surface area contributed by atoms with E-state index in [2.05, 4.69) is 10.6 Å². The monoisotopic (exact) mass is 392 g/mol. The van der Waals surface area contributed by atoms with Crippen LogP contribution in [-0.4, -0.2) is 18.6 Å². The van der Waals surface area contributed by atoms with E-state index in [1.54, 1.807) is 6.08 Å². The van der Waals surface area contributed by atoms with Crippen molar-refractivity contribution < 1.29 is 19.1 Å². The van der Waals surface area contributed by atoms with Crippen molar-refractivity contribution in [3.8, 4) is 11.5 Å². The molecule has 0 unspecified atom stereocenters. The quantitative estimate of drug-likeness (QED) is 0.732. The van der Waals surface area contributed by atoms with E-state index in [4.69, 9.17) is 9.47 Å². The summed E-state index contributed by atoms with van der Waals surface area (Å²) >= 11 is 0.